The largest absolute Gasteiger partial charge is 0.490 e. The smallest absolute Gasteiger partial charge is 0.300 e. The van der Waals surface area contributed by atoms with Gasteiger partial charge >= 0.3 is 6.01 Å². The van der Waals surface area contributed by atoms with Crippen LogP contribution in [0.2, 0.25) is 0 Å². The van der Waals surface area contributed by atoms with Crippen molar-refractivity contribution >= 4 is 0 Å². The molecule has 1 aliphatic heterocycles. The molecule has 0 fully saturated rings. The Balaban J connectivity index is 1.42. The van der Waals surface area contributed by atoms with Crippen LogP contribution in [0.15, 0.2) is 53.3 Å². The van der Waals surface area contributed by atoms with Gasteiger partial charge in [-0.25, -0.2) is 0 Å². The molecular weight excluding hydrogens is 356 g/mol. The molecule has 0 saturated heterocycles. The number of fused-ring (bicyclic) bond motifs is 1. The van der Waals surface area contributed by atoms with E-state index in [0.29, 0.717) is 18.8 Å². The van der Waals surface area contributed by atoms with Gasteiger partial charge in [0.2, 0.25) is 0 Å². The number of aliphatic hydroxyl groups excluding tert-OH is 1. The van der Waals surface area contributed by atoms with Gasteiger partial charge in [-0.2, -0.15) is 4.98 Å². The van der Waals surface area contributed by atoms with Gasteiger partial charge < -0.3 is 14.6 Å². The van der Waals surface area contributed by atoms with Gasteiger partial charge in [-0.15, -0.1) is 0 Å². The van der Waals surface area contributed by atoms with Crippen LogP contribution in [0, 0.1) is 13.8 Å². The van der Waals surface area contributed by atoms with Crippen LogP contribution in [-0.2, 0) is 13.2 Å². The van der Waals surface area contributed by atoms with E-state index in [1.165, 1.54) is 22.8 Å². The molecule has 1 aliphatic rings. The van der Waals surface area contributed by atoms with Crippen molar-refractivity contribution in [3.63, 3.8) is 0 Å². The number of rotatable bonds is 5. The van der Waals surface area contributed by atoms with E-state index in [4.69, 9.17) is 9.47 Å². The first kappa shape index (κ1) is 18.3. The normalized spacial score (nSPS) is 15.2. The second-order valence-electron chi connectivity index (χ2n) is 6.96. The van der Waals surface area contributed by atoms with Gasteiger partial charge in [0.25, 0.3) is 5.56 Å². The molecule has 0 radical (unpaired) electrons. The molecule has 1 N–H and O–H groups in total. The first-order valence-electron chi connectivity index (χ1n) is 9.23. The zero-order valence-corrected chi connectivity index (χ0v) is 15.9. The van der Waals surface area contributed by atoms with Crippen molar-refractivity contribution in [3.8, 4) is 22.9 Å². The summed E-state index contributed by atoms with van der Waals surface area (Å²) in [7, 11) is 0. The van der Waals surface area contributed by atoms with Crippen LogP contribution in [0.25, 0.3) is 11.1 Å². The number of benzene rings is 2. The van der Waals surface area contributed by atoms with Crippen molar-refractivity contribution < 1.29 is 14.6 Å². The second kappa shape index (κ2) is 7.48. The Morgan fingerprint density at radius 2 is 2.00 bits per heavy atom. The third-order valence-corrected chi connectivity index (χ3v) is 5.10. The Morgan fingerprint density at radius 3 is 2.75 bits per heavy atom. The van der Waals surface area contributed by atoms with Gasteiger partial charge in [-0.1, -0.05) is 30.3 Å². The van der Waals surface area contributed by atoms with E-state index in [1.54, 1.807) is 4.57 Å². The standard InChI is InChI=1S/C22H22N2O4/c1-14-4-3-5-20(15(14)2)16-6-8-18(9-7-16)27-13-19-11-24-17(12-25)10-21(26)23-22(24)28-19/h3-10,19,25H,11-13H2,1-2H3/t19-/m0/s1. The summed E-state index contributed by atoms with van der Waals surface area (Å²) in [5.74, 6) is 0.749. The first-order chi connectivity index (χ1) is 13.5. The number of aromatic nitrogens is 2. The summed E-state index contributed by atoms with van der Waals surface area (Å²) >= 11 is 0. The van der Waals surface area contributed by atoms with E-state index in [9.17, 15) is 9.90 Å². The highest BCUT2D eigenvalue weighted by Crippen LogP contribution is 2.27. The van der Waals surface area contributed by atoms with Crippen molar-refractivity contribution in [1.29, 1.82) is 0 Å². The molecule has 144 valence electrons. The topological polar surface area (TPSA) is 73.6 Å². The molecule has 0 saturated carbocycles. The lowest BCUT2D eigenvalue weighted by Crippen LogP contribution is -2.23. The number of hydrogen-bond acceptors (Lipinski definition) is 5. The summed E-state index contributed by atoms with van der Waals surface area (Å²) in [5.41, 5.74) is 4.98. The van der Waals surface area contributed by atoms with E-state index in [0.717, 1.165) is 11.3 Å². The molecule has 28 heavy (non-hydrogen) atoms. The predicted molar refractivity (Wildman–Crippen MR) is 106 cm³/mol. The van der Waals surface area contributed by atoms with E-state index < -0.39 is 5.56 Å². The lowest BCUT2D eigenvalue weighted by Gasteiger charge is -2.12. The molecule has 0 spiro atoms. The molecule has 6 nitrogen and oxygen atoms in total. The zero-order valence-electron chi connectivity index (χ0n) is 15.9. The third-order valence-electron chi connectivity index (χ3n) is 5.10. The molecular formula is C22H22N2O4. The van der Waals surface area contributed by atoms with Crippen LogP contribution in [0.3, 0.4) is 0 Å². The van der Waals surface area contributed by atoms with E-state index in [-0.39, 0.29) is 18.7 Å². The van der Waals surface area contributed by atoms with E-state index >= 15 is 0 Å². The van der Waals surface area contributed by atoms with Crippen molar-refractivity contribution in [1.82, 2.24) is 9.55 Å². The molecule has 0 amide bonds. The van der Waals surface area contributed by atoms with Gasteiger partial charge in [0, 0.05) is 6.07 Å². The number of aliphatic hydroxyl groups is 1. The maximum absolute atomic E-state index is 11.5. The summed E-state index contributed by atoms with van der Waals surface area (Å²) < 4.78 is 13.3. The SMILES string of the molecule is Cc1cccc(-c2ccc(OC[C@@H]3Cn4c(CO)cc(=O)nc4O3)cc2)c1C. The molecule has 1 atom stereocenters. The molecule has 4 rings (SSSR count). The molecule has 2 heterocycles. The Labute approximate surface area is 163 Å². The maximum Gasteiger partial charge on any atom is 0.300 e. The van der Waals surface area contributed by atoms with Gasteiger partial charge in [0.05, 0.1) is 18.8 Å². The van der Waals surface area contributed by atoms with Crippen LogP contribution in [0.1, 0.15) is 16.8 Å². The highest BCUT2D eigenvalue weighted by molar-refractivity contribution is 5.68. The fourth-order valence-electron chi connectivity index (χ4n) is 3.41. The van der Waals surface area contributed by atoms with Crippen LogP contribution in [0.4, 0.5) is 0 Å². The third kappa shape index (κ3) is 3.51. The minimum absolute atomic E-state index is 0.232. The molecule has 2 aromatic carbocycles. The Kier molecular flexibility index (Phi) is 4.88. The summed E-state index contributed by atoms with van der Waals surface area (Å²) in [6, 6.07) is 15.8. The molecule has 1 aromatic heterocycles. The molecule has 0 aliphatic carbocycles. The predicted octanol–water partition coefficient (Wildman–Crippen LogP) is 2.86. The van der Waals surface area contributed by atoms with Crippen LogP contribution >= 0.6 is 0 Å². The summed E-state index contributed by atoms with van der Waals surface area (Å²) in [5, 5.41) is 9.40. The minimum Gasteiger partial charge on any atom is -0.490 e. The zero-order chi connectivity index (χ0) is 19.7. The molecule has 3 aromatic rings. The van der Waals surface area contributed by atoms with E-state index in [2.05, 4.69) is 37.0 Å². The monoisotopic (exact) mass is 378 g/mol. The van der Waals surface area contributed by atoms with Gasteiger partial charge in [-0.05, 0) is 48.2 Å². The lowest BCUT2D eigenvalue weighted by molar-refractivity contribution is 0.143. The van der Waals surface area contributed by atoms with Crippen LogP contribution in [-0.4, -0.2) is 27.4 Å². The van der Waals surface area contributed by atoms with Crippen molar-refractivity contribution in [2.45, 2.75) is 33.1 Å². The maximum atomic E-state index is 11.5. The second-order valence-corrected chi connectivity index (χ2v) is 6.96. The molecule has 0 bridgehead atoms. The lowest BCUT2D eigenvalue weighted by atomic mass is 9.97. The fourth-order valence-corrected chi connectivity index (χ4v) is 3.41. The van der Waals surface area contributed by atoms with Crippen molar-refractivity contribution in [2.24, 2.45) is 0 Å². The number of aryl methyl sites for hydroxylation is 1. The van der Waals surface area contributed by atoms with Gasteiger partial charge in [0.15, 0.2) is 6.10 Å². The van der Waals surface area contributed by atoms with Gasteiger partial charge in [0.1, 0.15) is 12.4 Å². The van der Waals surface area contributed by atoms with Gasteiger partial charge in [-0.3, -0.25) is 9.36 Å². The van der Waals surface area contributed by atoms with Crippen molar-refractivity contribution in [3.05, 3.63) is 75.7 Å². The minimum atomic E-state index is -0.418. The Morgan fingerprint density at radius 1 is 1.21 bits per heavy atom. The average molecular weight is 378 g/mol. The molecule has 0 unspecified atom stereocenters. The number of hydrogen-bond donors (Lipinski definition) is 1. The van der Waals surface area contributed by atoms with E-state index in [1.807, 2.05) is 24.3 Å². The summed E-state index contributed by atoms with van der Waals surface area (Å²) in [4.78, 5) is 15.4. The first-order valence-corrected chi connectivity index (χ1v) is 9.23. The van der Waals surface area contributed by atoms with Crippen LogP contribution < -0.4 is 15.0 Å². The number of nitrogens with zero attached hydrogens (tertiary/aromatic N) is 2. The quantitative estimate of drug-likeness (QED) is 0.739. The molecule has 6 heteroatoms. The summed E-state index contributed by atoms with van der Waals surface area (Å²) in [6.45, 7) is 4.82. The Hall–Kier alpha value is -3.12. The highest BCUT2D eigenvalue weighted by atomic mass is 16.6. The highest BCUT2D eigenvalue weighted by Gasteiger charge is 2.26. The van der Waals surface area contributed by atoms with Crippen LogP contribution in [0.5, 0.6) is 11.8 Å². The average Bonchev–Trinajstić information content (AvgIpc) is 3.11. The van der Waals surface area contributed by atoms with Crippen molar-refractivity contribution in [2.75, 3.05) is 6.61 Å². The Bertz CT molecular complexity index is 1060. The fraction of sp³-hybridized carbons (Fsp3) is 0.273. The number of ether oxygens (including phenoxy) is 2. The summed E-state index contributed by atoms with van der Waals surface area (Å²) in [6.07, 6.45) is -0.265.